The fraction of sp³-hybridized carbons (Fsp3) is 0.375. The third-order valence-electron chi connectivity index (χ3n) is 1.63. The quantitative estimate of drug-likeness (QED) is 0.614. The Hall–Kier alpha value is -1.65. The fourth-order valence-electron chi connectivity index (χ4n) is 1.10. The van der Waals surface area contributed by atoms with Crippen molar-refractivity contribution < 1.29 is 4.79 Å². The highest BCUT2D eigenvalue weighted by molar-refractivity contribution is 5.94. The molecular formula is C8H10N2O3. The van der Waals surface area contributed by atoms with Gasteiger partial charge in [-0.15, -0.1) is 0 Å². The van der Waals surface area contributed by atoms with Crippen LogP contribution in [0.25, 0.3) is 0 Å². The van der Waals surface area contributed by atoms with Crippen LogP contribution in [0, 0.1) is 0 Å². The van der Waals surface area contributed by atoms with Crippen LogP contribution in [0.3, 0.4) is 0 Å². The lowest BCUT2D eigenvalue weighted by molar-refractivity contribution is -0.114. The maximum Gasteiger partial charge on any atom is 0.253 e. The number of amides is 1. The van der Waals surface area contributed by atoms with E-state index in [9.17, 15) is 14.4 Å². The van der Waals surface area contributed by atoms with Crippen LogP contribution in [0.15, 0.2) is 9.59 Å². The van der Waals surface area contributed by atoms with Crippen molar-refractivity contribution in [1.29, 1.82) is 0 Å². The molecule has 0 aliphatic heterocycles. The summed E-state index contributed by atoms with van der Waals surface area (Å²) in [7, 11) is 3.28. The largest absolute Gasteiger partial charge is 0.373 e. The first-order chi connectivity index (χ1) is 5.95. The number of hydrogen-bond acceptors (Lipinski definition) is 4. The zero-order valence-electron chi connectivity index (χ0n) is 7.67. The molecule has 0 saturated heterocycles. The van der Waals surface area contributed by atoms with E-state index in [2.05, 4.69) is 5.32 Å². The van der Waals surface area contributed by atoms with Crippen molar-refractivity contribution in [3.8, 4) is 0 Å². The molecule has 0 saturated carbocycles. The number of nitrogens with one attached hydrogen (secondary N) is 1. The first-order valence-corrected chi connectivity index (χ1v) is 3.73. The van der Waals surface area contributed by atoms with Crippen LogP contribution in [-0.2, 0) is 4.79 Å². The van der Waals surface area contributed by atoms with Crippen molar-refractivity contribution in [3.05, 3.63) is 20.4 Å². The molecule has 0 atom stereocenters. The Balaban J connectivity index is 3.09. The summed E-state index contributed by atoms with van der Waals surface area (Å²) in [6.45, 7) is 1.29. The number of rotatable bonds is 2. The molecule has 1 amide bonds. The Morgan fingerprint density at radius 2 is 1.77 bits per heavy atom. The van der Waals surface area contributed by atoms with Crippen LogP contribution >= 0.6 is 0 Å². The normalized spacial score (nSPS) is 10.1. The van der Waals surface area contributed by atoms with Gasteiger partial charge in [-0.3, -0.25) is 14.4 Å². The summed E-state index contributed by atoms with van der Waals surface area (Å²) in [5, 5.41) is 2.32. The van der Waals surface area contributed by atoms with E-state index in [0.717, 1.165) is 0 Å². The van der Waals surface area contributed by atoms with Gasteiger partial charge in [-0.2, -0.15) is 0 Å². The standard InChI is InChI=1S/C8H10N2O3/c1-4(11)9-5-6(10(2)3)8(13)7(5)12/h1-3H3,(H,9,11). The Morgan fingerprint density at radius 3 is 2.15 bits per heavy atom. The van der Waals surface area contributed by atoms with Gasteiger partial charge >= 0.3 is 0 Å². The third kappa shape index (κ3) is 1.44. The minimum atomic E-state index is -0.626. The zero-order valence-corrected chi connectivity index (χ0v) is 7.67. The van der Waals surface area contributed by atoms with Crippen LogP contribution in [-0.4, -0.2) is 20.0 Å². The molecule has 5 heteroatoms. The summed E-state index contributed by atoms with van der Waals surface area (Å²) in [6, 6.07) is 0. The molecule has 1 aromatic rings. The number of carbonyl (C=O) groups excluding carboxylic acids is 1. The molecule has 1 N–H and O–H groups in total. The first kappa shape index (κ1) is 9.44. The second-order valence-electron chi connectivity index (χ2n) is 2.96. The lowest BCUT2D eigenvalue weighted by Crippen LogP contribution is -2.40. The summed E-state index contributed by atoms with van der Waals surface area (Å²) in [4.78, 5) is 34.1. The minimum absolute atomic E-state index is 0.0995. The van der Waals surface area contributed by atoms with Gasteiger partial charge in [0.1, 0.15) is 11.4 Å². The molecule has 13 heavy (non-hydrogen) atoms. The molecule has 1 aromatic carbocycles. The highest BCUT2D eigenvalue weighted by Crippen LogP contribution is 2.16. The van der Waals surface area contributed by atoms with E-state index in [0.29, 0.717) is 0 Å². The molecule has 0 unspecified atom stereocenters. The van der Waals surface area contributed by atoms with Crippen molar-refractivity contribution in [1.82, 2.24) is 0 Å². The van der Waals surface area contributed by atoms with E-state index >= 15 is 0 Å². The third-order valence-corrected chi connectivity index (χ3v) is 1.63. The predicted octanol–water partition coefficient (Wildman–Crippen LogP) is -0.693. The highest BCUT2D eigenvalue weighted by Gasteiger charge is 2.22. The van der Waals surface area contributed by atoms with Gasteiger partial charge < -0.3 is 10.2 Å². The van der Waals surface area contributed by atoms with Crippen molar-refractivity contribution in [2.45, 2.75) is 6.92 Å². The monoisotopic (exact) mass is 182 g/mol. The van der Waals surface area contributed by atoms with Crippen molar-refractivity contribution >= 4 is 17.3 Å². The van der Waals surface area contributed by atoms with Gasteiger partial charge in [0.2, 0.25) is 5.91 Å². The highest BCUT2D eigenvalue weighted by atomic mass is 16.2. The van der Waals surface area contributed by atoms with Gasteiger partial charge in [0.15, 0.2) is 0 Å². The van der Waals surface area contributed by atoms with Gasteiger partial charge in [-0.1, -0.05) is 0 Å². The number of carbonyl (C=O) groups is 1. The summed E-state index contributed by atoms with van der Waals surface area (Å²) in [5.74, 6) is -0.352. The maximum absolute atomic E-state index is 11.0. The zero-order chi connectivity index (χ0) is 10.2. The van der Waals surface area contributed by atoms with Crippen LogP contribution < -0.4 is 21.1 Å². The second-order valence-corrected chi connectivity index (χ2v) is 2.96. The topological polar surface area (TPSA) is 66.5 Å². The number of anilines is 2. The van der Waals surface area contributed by atoms with Crippen molar-refractivity contribution in [2.75, 3.05) is 24.3 Å². The van der Waals surface area contributed by atoms with E-state index in [1.807, 2.05) is 0 Å². The summed E-state index contributed by atoms with van der Waals surface area (Å²) >= 11 is 0. The molecule has 0 fully saturated rings. The first-order valence-electron chi connectivity index (χ1n) is 3.73. The molecule has 1 rings (SSSR count). The van der Waals surface area contributed by atoms with Crippen LogP contribution in [0.1, 0.15) is 6.92 Å². The minimum Gasteiger partial charge on any atom is -0.373 e. The molecule has 70 valence electrons. The second kappa shape index (κ2) is 3.01. The maximum atomic E-state index is 11.0. The molecule has 0 spiro atoms. The van der Waals surface area contributed by atoms with Crippen molar-refractivity contribution in [2.24, 2.45) is 0 Å². The lowest BCUT2D eigenvalue weighted by atomic mass is 10.2. The van der Waals surface area contributed by atoms with Gasteiger partial charge in [0.05, 0.1) is 0 Å². The Kier molecular flexibility index (Phi) is 2.18. The van der Waals surface area contributed by atoms with Gasteiger partial charge in [0, 0.05) is 21.0 Å². The smallest absolute Gasteiger partial charge is 0.253 e. The van der Waals surface area contributed by atoms with Crippen molar-refractivity contribution in [3.63, 3.8) is 0 Å². The molecule has 0 aliphatic carbocycles. The Bertz CT molecular complexity index is 413. The average Bonchev–Trinajstić information content (AvgIpc) is 2.01. The molecular weight excluding hydrogens is 172 g/mol. The van der Waals surface area contributed by atoms with E-state index in [4.69, 9.17) is 0 Å². The summed E-state index contributed by atoms with van der Waals surface area (Å²) < 4.78 is 0. The van der Waals surface area contributed by atoms with E-state index < -0.39 is 10.9 Å². The van der Waals surface area contributed by atoms with E-state index in [1.165, 1.54) is 11.8 Å². The van der Waals surface area contributed by atoms with Gasteiger partial charge in [-0.25, -0.2) is 0 Å². The molecule has 0 bridgehead atoms. The van der Waals surface area contributed by atoms with Crippen LogP contribution in [0.5, 0.6) is 0 Å². The molecule has 0 aromatic heterocycles. The molecule has 0 radical (unpaired) electrons. The molecule has 0 heterocycles. The number of nitrogens with zero attached hydrogens (tertiary/aromatic N) is 1. The fourth-order valence-corrected chi connectivity index (χ4v) is 1.10. The Labute approximate surface area is 74.7 Å². The summed E-state index contributed by atoms with van der Waals surface area (Å²) in [5.41, 5.74) is -0.810. The Morgan fingerprint density at radius 1 is 1.23 bits per heavy atom. The average molecular weight is 182 g/mol. The van der Waals surface area contributed by atoms with Gasteiger partial charge in [-0.05, 0) is 0 Å². The lowest BCUT2D eigenvalue weighted by Gasteiger charge is -2.17. The predicted molar refractivity (Wildman–Crippen MR) is 50.0 cm³/mol. The van der Waals surface area contributed by atoms with Crippen LogP contribution in [0.4, 0.5) is 11.4 Å². The van der Waals surface area contributed by atoms with Crippen LogP contribution in [0.2, 0.25) is 0 Å². The van der Waals surface area contributed by atoms with E-state index in [-0.39, 0.29) is 17.3 Å². The number of hydrogen-bond donors (Lipinski definition) is 1. The SMILES string of the molecule is CC(=O)Nc1c(N(C)C)c(=O)c1=O. The molecule has 5 nitrogen and oxygen atoms in total. The molecule has 0 aliphatic rings. The summed E-state index contributed by atoms with van der Waals surface area (Å²) in [6.07, 6.45) is 0. The van der Waals surface area contributed by atoms with E-state index in [1.54, 1.807) is 14.1 Å². The van der Waals surface area contributed by atoms with Gasteiger partial charge in [0.25, 0.3) is 10.9 Å².